The van der Waals surface area contributed by atoms with E-state index in [1.165, 1.54) is 6.33 Å². The highest BCUT2D eigenvalue weighted by atomic mass is 16.3. The molecule has 0 saturated heterocycles. The fraction of sp³-hybridized carbons (Fsp3) is 0.545. The predicted octanol–water partition coefficient (Wildman–Crippen LogP) is 0.950. The summed E-state index contributed by atoms with van der Waals surface area (Å²) in [4.78, 5) is 17.5. The highest BCUT2D eigenvalue weighted by Gasteiger charge is 2.20. The maximum absolute atomic E-state index is 9.89. The van der Waals surface area contributed by atoms with Gasteiger partial charge in [-0.1, -0.05) is 0 Å². The van der Waals surface area contributed by atoms with E-state index < -0.39 is 5.60 Å². The Bertz CT molecular complexity index is 502. The number of nitrogens with one attached hydrogen (secondary N) is 1. The van der Waals surface area contributed by atoms with Gasteiger partial charge in [0.25, 0.3) is 0 Å². The second-order valence-electron chi connectivity index (χ2n) is 4.63. The lowest BCUT2D eigenvalue weighted by atomic mass is 10.1. The van der Waals surface area contributed by atoms with Crippen LogP contribution in [-0.2, 0) is 0 Å². The van der Waals surface area contributed by atoms with Crippen molar-refractivity contribution in [1.29, 1.82) is 0 Å². The number of hydrogen-bond acceptors (Lipinski definition) is 5. The first-order chi connectivity index (χ1) is 8.01. The Morgan fingerprint density at radius 3 is 2.76 bits per heavy atom. The number of aliphatic hydroxyl groups is 1. The number of aromatic amines is 1. The van der Waals surface area contributed by atoms with Gasteiger partial charge in [0.1, 0.15) is 11.8 Å². The molecule has 2 rings (SSSR count). The summed E-state index contributed by atoms with van der Waals surface area (Å²) in [5, 5.41) is 9.89. The summed E-state index contributed by atoms with van der Waals surface area (Å²) in [6.45, 7) is 6.85. The molecule has 0 aliphatic heterocycles. The summed E-state index contributed by atoms with van der Waals surface area (Å²) in [5.41, 5.74) is 0.677. The fourth-order valence-corrected chi connectivity index (χ4v) is 1.80. The maximum atomic E-state index is 9.89. The molecular formula is C11H17N5O. The van der Waals surface area contributed by atoms with Crippen LogP contribution in [0.2, 0.25) is 0 Å². The van der Waals surface area contributed by atoms with Crippen LogP contribution in [-0.4, -0.2) is 43.7 Å². The van der Waals surface area contributed by atoms with Crippen molar-refractivity contribution in [2.24, 2.45) is 0 Å². The molecule has 2 aromatic heterocycles. The van der Waals surface area contributed by atoms with Gasteiger partial charge in [-0.2, -0.15) is 0 Å². The monoisotopic (exact) mass is 235 g/mol. The van der Waals surface area contributed by atoms with Crippen molar-refractivity contribution in [2.75, 3.05) is 18.0 Å². The van der Waals surface area contributed by atoms with Crippen molar-refractivity contribution in [3.05, 3.63) is 12.7 Å². The maximum Gasteiger partial charge on any atom is 0.182 e. The Morgan fingerprint density at radius 2 is 2.12 bits per heavy atom. The number of H-pyrrole nitrogens is 1. The average Bonchev–Trinajstić information content (AvgIpc) is 2.72. The molecule has 0 atom stereocenters. The summed E-state index contributed by atoms with van der Waals surface area (Å²) < 4.78 is 0. The van der Waals surface area contributed by atoms with Gasteiger partial charge in [-0.15, -0.1) is 0 Å². The molecular weight excluding hydrogens is 218 g/mol. The quantitative estimate of drug-likeness (QED) is 0.825. The molecule has 0 aromatic carbocycles. The average molecular weight is 235 g/mol. The molecule has 92 valence electrons. The van der Waals surface area contributed by atoms with E-state index in [0.29, 0.717) is 12.2 Å². The van der Waals surface area contributed by atoms with E-state index in [1.54, 1.807) is 20.2 Å². The molecule has 2 N–H and O–H groups in total. The van der Waals surface area contributed by atoms with Crippen molar-refractivity contribution in [3.63, 3.8) is 0 Å². The zero-order valence-corrected chi connectivity index (χ0v) is 10.3. The van der Waals surface area contributed by atoms with Crippen molar-refractivity contribution in [1.82, 2.24) is 19.9 Å². The normalized spacial score (nSPS) is 12.0. The largest absolute Gasteiger partial charge is 0.389 e. The number of aromatic nitrogens is 4. The van der Waals surface area contributed by atoms with Crippen molar-refractivity contribution < 1.29 is 5.11 Å². The van der Waals surface area contributed by atoms with E-state index in [9.17, 15) is 5.11 Å². The van der Waals surface area contributed by atoms with E-state index in [2.05, 4.69) is 19.9 Å². The third kappa shape index (κ3) is 2.52. The lowest BCUT2D eigenvalue weighted by Crippen LogP contribution is -2.39. The smallest absolute Gasteiger partial charge is 0.182 e. The van der Waals surface area contributed by atoms with Gasteiger partial charge < -0.3 is 15.0 Å². The Hall–Kier alpha value is -1.69. The Morgan fingerprint density at radius 1 is 1.35 bits per heavy atom. The van der Waals surface area contributed by atoms with Gasteiger partial charge in [-0.25, -0.2) is 15.0 Å². The molecule has 0 amide bonds. The lowest BCUT2D eigenvalue weighted by Gasteiger charge is -2.28. The third-order valence-corrected chi connectivity index (χ3v) is 2.46. The number of likely N-dealkylation sites (N-methyl/N-ethyl adjacent to an activating group) is 1. The van der Waals surface area contributed by atoms with Crippen molar-refractivity contribution >= 4 is 17.0 Å². The van der Waals surface area contributed by atoms with Gasteiger partial charge in [0, 0.05) is 13.1 Å². The molecule has 0 bridgehead atoms. The van der Waals surface area contributed by atoms with Crippen LogP contribution >= 0.6 is 0 Å². The van der Waals surface area contributed by atoms with Crippen LogP contribution < -0.4 is 4.90 Å². The number of fused-ring (bicyclic) bond motifs is 1. The number of anilines is 1. The zero-order chi connectivity index (χ0) is 12.5. The van der Waals surface area contributed by atoms with E-state index in [1.807, 2.05) is 11.8 Å². The molecule has 0 aliphatic rings. The first-order valence-corrected chi connectivity index (χ1v) is 5.62. The van der Waals surface area contributed by atoms with Crippen LogP contribution in [0.1, 0.15) is 20.8 Å². The molecule has 0 saturated carbocycles. The summed E-state index contributed by atoms with van der Waals surface area (Å²) >= 11 is 0. The summed E-state index contributed by atoms with van der Waals surface area (Å²) in [6, 6.07) is 0. The Balaban J connectivity index is 2.39. The molecule has 0 spiro atoms. The second-order valence-corrected chi connectivity index (χ2v) is 4.63. The zero-order valence-electron chi connectivity index (χ0n) is 10.3. The summed E-state index contributed by atoms with van der Waals surface area (Å²) in [6.07, 6.45) is 3.09. The first kappa shape index (κ1) is 11.8. The predicted molar refractivity (Wildman–Crippen MR) is 65.9 cm³/mol. The van der Waals surface area contributed by atoms with Crippen LogP contribution in [0.15, 0.2) is 12.7 Å². The SMILES string of the molecule is CCN(CC(C)(C)O)c1ncnc2nc[nH]c12. The van der Waals surface area contributed by atoms with E-state index in [-0.39, 0.29) is 0 Å². The minimum atomic E-state index is -0.771. The lowest BCUT2D eigenvalue weighted by molar-refractivity contribution is 0.0875. The van der Waals surface area contributed by atoms with Crippen LogP contribution in [0.4, 0.5) is 5.82 Å². The molecule has 0 fully saturated rings. The Labute approximate surface area is 99.7 Å². The molecule has 6 heteroatoms. The van der Waals surface area contributed by atoms with Crippen LogP contribution in [0.3, 0.4) is 0 Å². The number of nitrogens with zero attached hydrogens (tertiary/aromatic N) is 4. The molecule has 2 aromatic rings. The molecule has 0 aliphatic carbocycles. The van der Waals surface area contributed by atoms with Gasteiger partial charge >= 0.3 is 0 Å². The van der Waals surface area contributed by atoms with Gasteiger partial charge in [0.15, 0.2) is 11.5 Å². The topological polar surface area (TPSA) is 77.9 Å². The molecule has 0 unspecified atom stereocenters. The fourth-order valence-electron chi connectivity index (χ4n) is 1.80. The van der Waals surface area contributed by atoms with Gasteiger partial charge in [-0.3, -0.25) is 0 Å². The van der Waals surface area contributed by atoms with Crippen LogP contribution in [0, 0.1) is 0 Å². The molecule has 6 nitrogen and oxygen atoms in total. The minimum absolute atomic E-state index is 0.509. The number of hydrogen-bond donors (Lipinski definition) is 2. The Kier molecular flexibility index (Phi) is 2.97. The number of imidazole rings is 1. The number of rotatable bonds is 4. The second kappa shape index (κ2) is 4.29. The van der Waals surface area contributed by atoms with E-state index in [4.69, 9.17) is 0 Å². The van der Waals surface area contributed by atoms with Crippen LogP contribution in [0.5, 0.6) is 0 Å². The van der Waals surface area contributed by atoms with Gasteiger partial charge in [0.05, 0.1) is 11.9 Å². The van der Waals surface area contributed by atoms with Crippen molar-refractivity contribution in [3.8, 4) is 0 Å². The van der Waals surface area contributed by atoms with Gasteiger partial charge in [0.2, 0.25) is 0 Å². The molecule has 0 radical (unpaired) electrons. The highest BCUT2D eigenvalue weighted by molar-refractivity contribution is 5.82. The third-order valence-electron chi connectivity index (χ3n) is 2.46. The first-order valence-electron chi connectivity index (χ1n) is 5.62. The minimum Gasteiger partial charge on any atom is -0.389 e. The van der Waals surface area contributed by atoms with Crippen LogP contribution in [0.25, 0.3) is 11.2 Å². The standard InChI is InChI=1S/C11H17N5O/c1-4-16(5-11(2,3)17)10-8-9(13-6-12-8)14-7-15-10/h6-7,17H,4-5H2,1-3H3,(H,12,13,14,15). The van der Waals surface area contributed by atoms with E-state index >= 15 is 0 Å². The van der Waals surface area contributed by atoms with Gasteiger partial charge in [-0.05, 0) is 20.8 Å². The van der Waals surface area contributed by atoms with E-state index in [0.717, 1.165) is 17.9 Å². The molecule has 17 heavy (non-hydrogen) atoms. The summed E-state index contributed by atoms with van der Waals surface area (Å²) in [7, 11) is 0. The summed E-state index contributed by atoms with van der Waals surface area (Å²) in [5.74, 6) is 0.775. The highest BCUT2D eigenvalue weighted by Crippen LogP contribution is 2.21. The molecule has 2 heterocycles. The van der Waals surface area contributed by atoms with Crippen molar-refractivity contribution in [2.45, 2.75) is 26.4 Å².